The Balaban J connectivity index is 2.49. The second kappa shape index (κ2) is 1.99. The third-order valence-corrected chi connectivity index (χ3v) is 1.89. The third-order valence-electron chi connectivity index (χ3n) is 1.89. The van der Waals surface area contributed by atoms with Crippen LogP contribution in [0.25, 0.3) is 0 Å². The van der Waals surface area contributed by atoms with Gasteiger partial charge in [0, 0.05) is 12.1 Å². The lowest BCUT2D eigenvalue weighted by molar-refractivity contribution is -0.147. The van der Waals surface area contributed by atoms with Gasteiger partial charge in [0.1, 0.15) is 0 Å². The predicted molar refractivity (Wildman–Crippen MR) is 33.2 cm³/mol. The fraction of sp³-hybridized carbons (Fsp3) is 0.833. The highest BCUT2D eigenvalue weighted by Crippen LogP contribution is 2.19. The van der Waals surface area contributed by atoms with E-state index in [-0.39, 0.29) is 18.0 Å². The molecule has 52 valence electrons. The molecule has 2 N–H and O–H groups in total. The van der Waals surface area contributed by atoms with Crippen molar-refractivity contribution in [2.24, 2.45) is 5.92 Å². The smallest absolute Gasteiger partial charge is 0.309 e. The minimum Gasteiger partial charge on any atom is -0.481 e. The third kappa shape index (κ3) is 0.920. The van der Waals surface area contributed by atoms with Crippen LogP contribution in [0.5, 0.6) is 0 Å². The highest BCUT2D eigenvalue weighted by Gasteiger charge is 2.39. The number of aliphatic carboxylic acids is 1. The number of nitrogens with one attached hydrogen (secondary N) is 1. The van der Waals surface area contributed by atoms with Gasteiger partial charge < -0.3 is 10.4 Å². The average molecular weight is 129 g/mol. The lowest BCUT2D eigenvalue weighted by Crippen LogP contribution is -2.61. The van der Waals surface area contributed by atoms with E-state index in [4.69, 9.17) is 5.11 Å². The normalized spacial score (nSPS) is 41.8. The first kappa shape index (κ1) is 6.55. The van der Waals surface area contributed by atoms with Crippen molar-refractivity contribution in [3.63, 3.8) is 0 Å². The molecule has 3 nitrogen and oxygen atoms in total. The zero-order valence-electron chi connectivity index (χ0n) is 5.59. The molecule has 0 saturated carbocycles. The van der Waals surface area contributed by atoms with E-state index < -0.39 is 5.97 Å². The summed E-state index contributed by atoms with van der Waals surface area (Å²) in [6, 6.07) is 0.301. The monoisotopic (exact) mass is 129 g/mol. The molecule has 0 bridgehead atoms. The summed E-state index contributed by atoms with van der Waals surface area (Å²) in [7, 11) is 0. The summed E-state index contributed by atoms with van der Waals surface area (Å²) in [5.41, 5.74) is 0. The molecule has 2 atom stereocenters. The van der Waals surface area contributed by atoms with Crippen molar-refractivity contribution in [2.75, 3.05) is 0 Å². The maximum Gasteiger partial charge on any atom is 0.309 e. The molecule has 0 aromatic carbocycles. The van der Waals surface area contributed by atoms with Gasteiger partial charge in [0.25, 0.3) is 0 Å². The van der Waals surface area contributed by atoms with Crippen LogP contribution in [0.2, 0.25) is 0 Å². The average Bonchev–Trinajstić information content (AvgIpc) is 1.62. The number of carbonyl (C=O) groups is 1. The largest absolute Gasteiger partial charge is 0.481 e. The van der Waals surface area contributed by atoms with Gasteiger partial charge in [0.15, 0.2) is 0 Å². The Hall–Kier alpha value is -0.570. The van der Waals surface area contributed by atoms with Crippen molar-refractivity contribution in [2.45, 2.75) is 25.9 Å². The Bertz CT molecular complexity index is 127. The van der Waals surface area contributed by atoms with Crippen LogP contribution in [-0.4, -0.2) is 23.2 Å². The van der Waals surface area contributed by atoms with Crippen molar-refractivity contribution >= 4 is 5.97 Å². The maximum atomic E-state index is 10.4. The Morgan fingerprint density at radius 3 is 2.00 bits per heavy atom. The van der Waals surface area contributed by atoms with Crippen LogP contribution < -0.4 is 5.32 Å². The fourth-order valence-electron chi connectivity index (χ4n) is 1.36. The van der Waals surface area contributed by atoms with Gasteiger partial charge in [-0.3, -0.25) is 4.79 Å². The first-order chi connectivity index (χ1) is 4.13. The summed E-state index contributed by atoms with van der Waals surface area (Å²) in [6.45, 7) is 3.78. The van der Waals surface area contributed by atoms with E-state index >= 15 is 0 Å². The standard InChI is InChI=1S/C6H11NO2/c1-3-5(6(8)9)4(2)7-3/h3-5,7H,1-2H3,(H,8,9). The molecule has 9 heavy (non-hydrogen) atoms. The number of hydrogen-bond donors (Lipinski definition) is 2. The topological polar surface area (TPSA) is 49.3 Å². The molecule has 1 saturated heterocycles. The molecule has 2 unspecified atom stereocenters. The molecule has 0 aromatic heterocycles. The molecule has 1 fully saturated rings. The molecular formula is C6H11NO2. The Kier molecular flexibility index (Phi) is 1.45. The fourth-order valence-corrected chi connectivity index (χ4v) is 1.36. The Morgan fingerprint density at radius 2 is 1.89 bits per heavy atom. The van der Waals surface area contributed by atoms with Crippen LogP contribution in [0.15, 0.2) is 0 Å². The van der Waals surface area contributed by atoms with E-state index in [1.165, 1.54) is 0 Å². The second-order valence-electron chi connectivity index (χ2n) is 2.61. The molecule has 1 aliphatic rings. The highest BCUT2D eigenvalue weighted by molar-refractivity contribution is 5.73. The van der Waals surface area contributed by atoms with E-state index in [1.54, 1.807) is 0 Å². The van der Waals surface area contributed by atoms with Gasteiger partial charge in [-0.15, -0.1) is 0 Å². The molecular weight excluding hydrogens is 118 g/mol. The van der Waals surface area contributed by atoms with Gasteiger partial charge >= 0.3 is 5.97 Å². The molecule has 1 aliphatic heterocycles. The molecule has 1 rings (SSSR count). The lowest BCUT2D eigenvalue weighted by atomic mass is 9.85. The van der Waals surface area contributed by atoms with Gasteiger partial charge in [-0.2, -0.15) is 0 Å². The van der Waals surface area contributed by atoms with Crippen molar-refractivity contribution in [3.8, 4) is 0 Å². The zero-order chi connectivity index (χ0) is 7.02. The molecule has 0 amide bonds. The van der Waals surface area contributed by atoms with E-state index in [2.05, 4.69) is 5.32 Å². The van der Waals surface area contributed by atoms with Gasteiger partial charge in [-0.25, -0.2) is 0 Å². The van der Waals surface area contributed by atoms with Crippen molar-refractivity contribution < 1.29 is 9.90 Å². The van der Waals surface area contributed by atoms with E-state index in [1.807, 2.05) is 13.8 Å². The van der Waals surface area contributed by atoms with Crippen LogP contribution in [-0.2, 0) is 4.79 Å². The Labute approximate surface area is 54.1 Å². The minimum atomic E-state index is -0.686. The summed E-state index contributed by atoms with van der Waals surface area (Å²) in [4.78, 5) is 10.4. The quantitative estimate of drug-likeness (QED) is 0.526. The Morgan fingerprint density at radius 1 is 1.44 bits per heavy atom. The van der Waals surface area contributed by atoms with Gasteiger partial charge in [0.05, 0.1) is 5.92 Å². The van der Waals surface area contributed by atoms with Crippen LogP contribution in [0, 0.1) is 5.92 Å². The zero-order valence-corrected chi connectivity index (χ0v) is 5.59. The van der Waals surface area contributed by atoms with Gasteiger partial charge in [0.2, 0.25) is 0 Å². The molecule has 1 heterocycles. The highest BCUT2D eigenvalue weighted by atomic mass is 16.4. The predicted octanol–water partition coefficient (Wildman–Crippen LogP) is 0.0674. The second-order valence-corrected chi connectivity index (χ2v) is 2.61. The van der Waals surface area contributed by atoms with E-state index in [0.717, 1.165) is 0 Å². The van der Waals surface area contributed by atoms with Crippen LogP contribution in [0.4, 0.5) is 0 Å². The minimum absolute atomic E-state index is 0.150. The number of rotatable bonds is 1. The first-order valence-electron chi connectivity index (χ1n) is 3.12. The summed E-state index contributed by atoms with van der Waals surface area (Å²) in [6.07, 6.45) is 0. The van der Waals surface area contributed by atoms with Crippen molar-refractivity contribution in [1.29, 1.82) is 0 Å². The SMILES string of the molecule is CC1NC(C)C1C(=O)O. The maximum absolute atomic E-state index is 10.4. The number of hydrogen-bond acceptors (Lipinski definition) is 2. The summed E-state index contributed by atoms with van der Waals surface area (Å²) >= 11 is 0. The van der Waals surface area contributed by atoms with Gasteiger partial charge in [-0.1, -0.05) is 0 Å². The first-order valence-corrected chi connectivity index (χ1v) is 3.12. The number of carboxylic acid groups (broad SMARTS) is 1. The van der Waals surface area contributed by atoms with Crippen LogP contribution >= 0.6 is 0 Å². The summed E-state index contributed by atoms with van der Waals surface area (Å²) < 4.78 is 0. The molecule has 0 spiro atoms. The molecule has 0 radical (unpaired) electrons. The van der Waals surface area contributed by atoms with Crippen LogP contribution in [0.3, 0.4) is 0 Å². The molecule has 3 heteroatoms. The number of carboxylic acids is 1. The van der Waals surface area contributed by atoms with Crippen molar-refractivity contribution in [1.82, 2.24) is 5.32 Å². The van der Waals surface area contributed by atoms with Crippen molar-refractivity contribution in [3.05, 3.63) is 0 Å². The molecule has 0 aliphatic carbocycles. The van der Waals surface area contributed by atoms with Gasteiger partial charge in [-0.05, 0) is 13.8 Å². The van der Waals surface area contributed by atoms with E-state index in [9.17, 15) is 4.79 Å². The summed E-state index contributed by atoms with van der Waals surface area (Å²) in [5.74, 6) is -0.862. The summed E-state index contributed by atoms with van der Waals surface area (Å²) in [5, 5.41) is 11.6. The van der Waals surface area contributed by atoms with E-state index in [0.29, 0.717) is 0 Å². The van der Waals surface area contributed by atoms with Crippen LogP contribution in [0.1, 0.15) is 13.8 Å². The molecule has 0 aromatic rings. The lowest BCUT2D eigenvalue weighted by Gasteiger charge is -2.39.